The quantitative estimate of drug-likeness (QED) is 0.849. The molecule has 0 bridgehead atoms. The Morgan fingerprint density at radius 1 is 1.25 bits per heavy atom. The summed E-state index contributed by atoms with van der Waals surface area (Å²) >= 11 is 0. The van der Waals surface area contributed by atoms with Gasteiger partial charge in [0.1, 0.15) is 12.1 Å². The van der Waals surface area contributed by atoms with Gasteiger partial charge in [0.05, 0.1) is 6.10 Å². The standard InChI is InChI=1S/C15H26N2O3/c1-4-12-15(19)17(13(5-2)14(18)16-12)10-7-6-8-11(9-10)20-3/h10-13H,4-9H2,1-3H3,(H,16,18). The highest BCUT2D eigenvalue weighted by molar-refractivity contribution is 5.97. The lowest BCUT2D eigenvalue weighted by Gasteiger charge is -2.45. The third kappa shape index (κ3) is 2.82. The van der Waals surface area contributed by atoms with Crippen LogP contribution in [0.4, 0.5) is 0 Å². The van der Waals surface area contributed by atoms with Crippen LogP contribution in [0.5, 0.6) is 0 Å². The lowest BCUT2D eigenvalue weighted by molar-refractivity contribution is -0.154. The molecule has 0 spiro atoms. The summed E-state index contributed by atoms with van der Waals surface area (Å²) in [6.07, 6.45) is 5.47. The van der Waals surface area contributed by atoms with Crippen molar-refractivity contribution in [2.24, 2.45) is 0 Å². The number of methoxy groups -OCH3 is 1. The summed E-state index contributed by atoms with van der Waals surface area (Å²) in [5.74, 6) is 0.0826. The van der Waals surface area contributed by atoms with E-state index >= 15 is 0 Å². The first kappa shape index (κ1) is 15.3. The van der Waals surface area contributed by atoms with Gasteiger partial charge in [-0.3, -0.25) is 9.59 Å². The predicted molar refractivity (Wildman–Crippen MR) is 76.2 cm³/mol. The summed E-state index contributed by atoms with van der Waals surface area (Å²) < 4.78 is 5.46. The van der Waals surface area contributed by atoms with Crippen molar-refractivity contribution in [3.05, 3.63) is 0 Å². The van der Waals surface area contributed by atoms with Crippen LogP contribution in [0, 0.1) is 0 Å². The van der Waals surface area contributed by atoms with Crippen molar-refractivity contribution < 1.29 is 14.3 Å². The number of carbonyl (C=O) groups excluding carboxylic acids is 2. The normalized spacial score (nSPS) is 35.0. The minimum absolute atomic E-state index is 0.00140. The molecule has 20 heavy (non-hydrogen) atoms. The number of ether oxygens (including phenoxy) is 1. The van der Waals surface area contributed by atoms with E-state index in [1.807, 2.05) is 18.7 Å². The molecule has 1 saturated heterocycles. The van der Waals surface area contributed by atoms with E-state index in [2.05, 4.69) is 5.32 Å². The van der Waals surface area contributed by atoms with Gasteiger partial charge in [-0.2, -0.15) is 0 Å². The molecule has 4 atom stereocenters. The topological polar surface area (TPSA) is 58.6 Å². The Kier molecular flexibility index (Phi) is 5.02. The Labute approximate surface area is 121 Å². The van der Waals surface area contributed by atoms with Crippen LogP contribution < -0.4 is 5.32 Å². The number of hydrogen-bond acceptors (Lipinski definition) is 3. The molecule has 2 rings (SSSR count). The van der Waals surface area contributed by atoms with E-state index in [-0.39, 0.29) is 36.0 Å². The van der Waals surface area contributed by atoms with Crippen molar-refractivity contribution >= 4 is 11.8 Å². The maximum absolute atomic E-state index is 12.6. The molecule has 1 heterocycles. The van der Waals surface area contributed by atoms with Gasteiger partial charge in [0.2, 0.25) is 11.8 Å². The van der Waals surface area contributed by atoms with E-state index < -0.39 is 0 Å². The minimum atomic E-state index is -0.353. The molecule has 1 saturated carbocycles. The number of hydrogen-bond donors (Lipinski definition) is 1. The van der Waals surface area contributed by atoms with Gasteiger partial charge in [-0.1, -0.05) is 13.8 Å². The van der Waals surface area contributed by atoms with Crippen LogP contribution in [0.25, 0.3) is 0 Å². The number of nitrogens with one attached hydrogen (secondary N) is 1. The van der Waals surface area contributed by atoms with Gasteiger partial charge < -0.3 is 15.0 Å². The van der Waals surface area contributed by atoms with Gasteiger partial charge >= 0.3 is 0 Å². The van der Waals surface area contributed by atoms with E-state index in [1.165, 1.54) is 0 Å². The second-order valence-corrected chi connectivity index (χ2v) is 5.82. The minimum Gasteiger partial charge on any atom is -0.381 e. The van der Waals surface area contributed by atoms with Crippen LogP contribution in [0.2, 0.25) is 0 Å². The highest BCUT2D eigenvalue weighted by Gasteiger charge is 2.43. The van der Waals surface area contributed by atoms with E-state index in [1.54, 1.807) is 7.11 Å². The SMILES string of the molecule is CCC1NC(=O)C(CC)N(C2CCCC(OC)C2)C1=O. The zero-order valence-corrected chi connectivity index (χ0v) is 12.7. The van der Waals surface area contributed by atoms with Gasteiger partial charge in [-0.15, -0.1) is 0 Å². The van der Waals surface area contributed by atoms with Crippen molar-refractivity contribution in [3.63, 3.8) is 0 Å². The summed E-state index contributed by atoms with van der Waals surface area (Å²) in [6, 6.07) is -0.523. The van der Waals surface area contributed by atoms with Crippen LogP contribution in [0.1, 0.15) is 52.4 Å². The molecule has 1 N–H and O–H groups in total. The lowest BCUT2D eigenvalue weighted by atomic mass is 9.88. The molecule has 0 radical (unpaired) electrons. The molecule has 114 valence electrons. The fourth-order valence-corrected chi connectivity index (χ4v) is 3.47. The van der Waals surface area contributed by atoms with E-state index in [0.717, 1.165) is 25.7 Å². The monoisotopic (exact) mass is 282 g/mol. The summed E-state index contributed by atoms with van der Waals surface area (Å²) in [6.45, 7) is 3.90. The third-order valence-corrected chi connectivity index (χ3v) is 4.63. The highest BCUT2D eigenvalue weighted by Crippen LogP contribution is 2.29. The number of nitrogens with zero attached hydrogens (tertiary/aromatic N) is 1. The molecule has 1 aliphatic carbocycles. The molecule has 5 nitrogen and oxygen atoms in total. The summed E-state index contributed by atoms with van der Waals surface area (Å²) in [7, 11) is 1.73. The van der Waals surface area contributed by atoms with Crippen molar-refractivity contribution in [2.75, 3.05) is 7.11 Å². The van der Waals surface area contributed by atoms with E-state index in [9.17, 15) is 9.59 Å². The Hall–Kier alpha value is -1.10. The third-order valence-electron chi connectivity index (χ3n) is 4.63. The Morgan fingerprint density at radius 3 is 2.60 bits per heavy atom. The zero-order chi connectivity index (χ0) is 14.7. The summed E-state index contributed by atoms with van der Waals surface area (Å²) in [5, 5.41) is 2.85. The second-order valence-electron chi connectivity index (χ2n) is 5.82. The highest BCUT2D eigenvalue weighted by atomic mass is 16.5. The number of carbonyl (C=O) groups is 2. The summed E-state index contributed by atoms with van der Waals surface area (Å²) in [5.41, 5.74) is 0. The average Bonchev–Trinajstić information content (AvgIpc) is 2.48. The van der Waals surface area contributed by atoms with E-state index in [4.69, 9.17) is 4.74 Å². The van der Waals surface area contributed by atoms with Gasteiger partial charge in [0, 0.05) is 13.2 Å². The molecular formula is C15H26N2O3. The second kappa shape index (κ2) is 6.57. The fraction of sp³-hybridized carbons (Fsp3) is 0.867. The Bertz CT molecular complexity index is 372. The van der Waals surface area contributed by atoms with E-state index in [0.29, 0.717) is 12.8 Å². The van der Waals surface area contributed by atoms with Crippen LogP contribution in [-0.2, 0) is 14.3 Å². The molecule has 0 aromatic carbocycles. The number of amides is 2. The fourth-order valence-electron chi connectivity index (χ4n) is 3.47. The van der Waals surface area contributed by atoms with Crippen LogP contribution in [0.15, 0.2) is 0 Å². The lowest BCUT2D eigenvalue weighted by Crippen LogP contribution is -2.66. The van der Waals surface area contributed by atoms with Crippen molar-refractivity contribution in [3.8, 4) is 0 Å². The molecule has 2 fully saturated rings. The van der Waals surface area contributed by atoms with Crippen molar-refractivity contribution in [1.29, 1.82) is 0 Å². The molecule has 5 heteroatoms. The molecule has 2 aliphatic rings. The molecule has 2 amide bonds. The largest absolute Gasteiger partial charge is 0.381 e. The maximum atomic E-state index is 12.6. The van der Waals surface area contributed by atoms with Crippen molar-refractivity contribution in [2.45, 2.75) is 76.6 Å². The van der Waals surface area contributed by atoms with Crippen LogP contribution >= 0.6 is 0 Å². The first-order chi connectivity index (χ1) is 9.62. The van der Waals surface area contributed by atoms with Crippen LogP contribution in [0.3, 0.4) is 0 Å². The predicted octanol–water partition coefficient (Wildman–Crippen LogP) is 1.46. The number of rotatable bonds is 4. The molecular weight excluding hydrogens is 256 g/mol. The van der Waals surface area contributed by atoms with Gasteiger partial charge in [-0.25, -0.2) is 0 Å². The van der Waals surface area contributed by atoms with Gasteiger partial charge in [0.15, 0.2) is 0 Å². The van der Waals surface area contributed by atoms with Crippen molar-refractivity contribution in [1.82, 2.24) is 10.2 Å². The molecule has 0 aromatic heterocycles. The number of piperazine rings is 1. The van der Waals surface area contributed by atoms with Gasteiger partial charge in [0.25, 0.3) is 0 Å². The van der Waals surface area contributed by atoms with Gasteiger partial charge in [-0.05, 0) is 38.5 Å². The molecule has 4 unspecified atom stereocenters. The first-order valence-corrected chi connectivity index (χ1v) is 7.77. The van der Waals surface area contributed by atoms with Crippen LogP contribution in [-0.4, -0.2) is 48.1 Å². The zero-order valence-electron chi connectivity index (χ0n) is 12.7. The first-order valence-electron chi connectivity index (χ1n) is 7.77. The average molecular weight is 282 g/mol. The summed E-state index contributed by atoms with van der Waals surface area (Å²) in [4.78, 5) is 26.7. The Morgan fingerprint density at radius 2 is 2.00 bits per heavy atom. The maximum Gasteiger partial charge on any atom is 0.246 e. The Balaban J connectivity index is 2.19. The smallest absolute Gasteiger partial charge is 0.246 e. The molecule has 0 aromatic rings. The molecule has 1 aliphatic heterocycles.